The standard InChI is InChI=1S/C14H15NO2/c1-12-8-14(11(16)17-3)13(2,15(12)14)10-7-5-4-6-9(10)12/h4-7H,8H2,1-3H3/t12-,13-,14?,15?/m1/s1. The third kappa shape index (κ3) is 0.637. The molecule has 4 atom stereocenters. The third-order valence-electron chi connectivity index (χ3n) is 5.23. The van der Waals surface area contributed by atoms with E-state index in [1.807, 2.05) is 0 Å². The Balaban J connectivity index is 1.95. The molecule has 3 nitrogen and oxygen atoms in total. The van der Waals surface area contributed by atoms with Gasteiger partial charge < -0.3 is 4.74 Å². The molecular formula is C14H15NO2. The van der Waals surface area contributed by atoms with Crippen LogP contribution < -0.4 is 0 Å². The smallest absolute Gasteiger partial charge is 0.328 e. The van der Waals surface area contributed by atoms with Gasteiger partial charge in [0.1, 0.15) is 5.54 Å². The molecule has 3 aliphatic rings. The van der Waals surface area contributed by atoms with E-state index in [1.165, 1.54) is 18.2 Å². The summed E-state index contributed by atoms with van der Waals surface area (Å²) in [6, 6.07) is 8.47. The fourth-order valence-corrected chi connectivity index (χ4v) is 4.65. The summed E-state index contributed by atoms with van der Waals surface area (Å²) in [5, 5.41) is 0. The monoisotopic (exact) mass is 229 g/mol. The highest BCUT2D eigenvalue weighted by Gasteiger charge is 2.93. The fourth-order valence-electron chi connectivity index (χ4n) is 4.65. The van der Waals surface area contributed by atoms with Crippen LogP contribution in [0.2, 0.25) is 0 Å². The van der Waals surface area contributed by atoms with Crippen molar-refractivity contribution in [1.82, 2.24) is 4.90 Å². The molecule has 0 aliphatic carbocycles. The second-order valence-corrected chi connectivity index (χ2v) is 5.76. The minimum Gasteiger partial charge on any atom is -0.468 e. The molecule has 2 saturated heterocycles. The Morgan fingerprint density at radius 1 is 1.29 bits per heavy atom. The minimum atomic E-state index is -0.370. The number of fused-ring (bicyclic) bond motifs is 4. The van der Waals surface area contributed by atoms with E-state index in [2.05, 4.69) is 43.0 Å². The largest absolute Gasteiger partial charge is 0.468 e. The summed E-state index contributed by atoms with van der Waals surface area (Å²) in [6.07, 6.45) is 0.889. The van der Waals surface area contributed by atoms with Gasteiger partial charge in [-0.3, -0.25) is 4.90 Å². The lowest BCUT2D eigenvalue weighted by atomic mass is 9.67. The second kappa shape index (κ2) is 2.27. The molecule has 0 N–H and O–H groups in total. The van der Waals surface area contributed by atoms with E-state index < -0.39 is 0 Å². The first-order valence-corrected chi connectivity index (χ1v) is 6.02. The number of benzene rings is 1. The summed E-state index contributed by atoms with van der Waals surface area (Å²) in [6.45, 7) is 4.40. The fraction of sp³-hybridized carbons (Fsp3) is 0.500. The van der Waals surface area contributed by atoms with Crippen LogP contribution in [0.15, 0.2) is 24.3 Å². The molecule has 3 aliphatic heterocycles. The van der Waals surface area contributed by atoms with Gasteiger partial charge in [0.2, 0.25) is 0 Å². The highest BCUT2D eigenvalue weighted by molar-refractivity contribution is 5.93. The Bertz CT molecular complexity index is 569. The van der Waals surface area contributed by atoms with Gasteiger partial charge in [-0.15, -0.1) is 0 Å². The molecule has 0 bridgehead atoms. The van der Waals surface area contributed by atoms with E-state index in [0.717, 1.165) is 6.42 Å². The molecule has 2 unspecified atom stereocenters. The molecule has 1 aromatic rings. The predicted molar refractivity (Wildman–Crippen MR) is 62.3 cm³/mol. The molecule has 4 rings (SSSR count). The van der Waals surface area contributed by atoms with Gasteiger partial charge in [-0.1, -0.05) is 24.3 Å². The number of esters is 1. The first-order valence-electron chi connectivity index (χ1n) is 6.02. The summed E-state index contributed by atoms with van der Waals surface area (Å²) < 4.78 is 5.00. The first-order chi connectivity index (χ1) is 8.03. The second-order valence-electron chi connectivity index (χ2n) is 5.76. The van der Waals surface area contributed by atoms with Crippen LogP contribution in [0.3, 0.4) is 0 Å². The van der Waals surface area contributed by atoms with E-state index in [1.54, 1.807) is 0 Å². The van der Waals surface area contributed by atoms with Crippen molar-refractivity contribution >= 4 is 5.97 Å². The average molecular weight is 229 g/mol. The number of hydrogen-bond acceptors (Lipinski definition) is 3. The van der Waals surface area contributed by atoms with E-state index in [4.69, 9.17) is 4.74 Å². The number of ether oxygens (including phenoxy) is 1. The lowest BCUT2D eigenvalue weighted by Gasteiger charge is -2.45. The summed E-state index contributed by atoms with van der Waals surface area (Å²) in [5.41, 5.74) is 2.22. The van der Waals surface area contributed by atoms with E-state index in [9.17, 15) is 4.79 Å². The van der Waals surface area contributed by atoms with Crippen molar-refractivity contribution in [1.29, 1.82) is 0 Å². The molecule has 88 valence electrons. The van der Waals surface area contributed by atoms with Crippen LogP contribution in [0, 0.1) is 0 Å². The Morgan fingerprint density at radius 3 is 2.59 bits per heavy atom. The lowest BCUT2D eigenvalue weighted by molar-refractivity contribution is -0.152. The average Bonchev–Trinajstić information content (AvgIpc) is 2.75. The predicted octanol–water partition coefficient (Wildman–Crippen LogP) is 1.76. The maximum atomic E-state index is 12.0. The van der Waals surface area contributed by atoms with Gasteiger partial charge in [-0.2, -0.15) is 0 Å². The zero-order valence-electron chi connectivity index (χ0n) is 10.3. The zero-order chi connectivity index (χ0) is 12.1. The number of rotatable bonds is 1. The highest BCUT2D eigenvalue weighted by Crippen LogP contribution is 2.82. The quantitative estimate of drug-likeness (QED) is 0.543. The molecular weight excluding hydrogens is 214 g/mol. The lowest BCUT2D eigenvalue weighted by Crippen LogP contribution is -2.55. The Morgan fingerprint density at radius 2 is 1.94 bits per heavy atom. The number of hydrogen-bond donors (Lipinski definition) is 0. The number of methoxy groups -OCH3 is 1. The number of carbonyl (C=O) groups is 1. The van der Waals surface area contributed by atoms with Gasteiger partial charge in [0.05, 0.1) is 12.6 Å². The summed E-state index contributed by atoms with van der Waals surface area (Å²) >= 11 is 0. The molecule has 3 heterocycles. The highest BCUT2D eigenvalue weighted by atomic mass is 16.5. The molecule has 1 aromatic carbocycles. The molecule has 0 radical (unpaired) electrons. The van der Waals surface area contributed by atoms with Gasteiger partial charge in [0, 0.05) is 12.0 Å². The van der Waals surface area contributed by atoms with Gasteiger partial charge >= 0.3 is 5.97 Å². The van der Waals surface area contributed by atoms with Crippen molar-refractivity contribution in [3.8, 4) is 0 Å². The van der Waals surface area contributed by atoms with Gasteiger partial charge in [0.15, 0.2) is 0 Å². The zero-order valence-corrected chi connectivity index (χ0v) is 10.3. The van der Waals surface area contributed by atoms with Crippen LogP contribution >= 0.6 is 0 Å². The van der Waals surface area contributed by atoms with Crippen molar-refractivity contribution in [3.63, 3.8) is 0 Å². The number of nitrogens with zero attached hydrogens (tertiary/aromatic N) is 1. The van der Waals surface area contributed by atoms with Crippen molar-refractivity contribution in [2.75, 3.05) is 7.11 Å². The molecule has 17 heavy (non-hydrogen) atoms. The van der Waals surface area contributed by atoms with Gasteiger partial charge in [-0.05, 0) is 25.0 Å². The van der Waals surface area contributed by atoms with Crippen LogP contribution in [0.5, 0.6) is 0 Å². The Hall–Kier alpha value is -1.35. The van der Waals surface area contributed by atoms with Gasteiger partial charge in [0.25, 0.3) is 0 Å². The van der Waals surface area contributed by atoms with E-state index >= 15 is 0 Å². The number of carbonyl (C=O) groups excluding carboxylic acids is 1. The van der Waals surface area contributed by atoms with Crippen LogP contribution in [0.4, 0.5) is 0 Å². The van der Waals surface area contributed by atoms with E-state index in [-0.39, 0.29) is 22.6 Å². The van der Waals surface area contributed by atoms with Crippen molar-refractivity contribution in [2.24, 2.45) is 0 Å². The van der Waals surface area contributed by atoms with Crippen LogP contribution in [0.1, 0.15) is 31.4 Å². The SMILES string of the molecule is COC(=O)C12C[C@]3(C)c4ccccc4[C@@]1(C)N23. The maximum absolute atomic E-state index is 12.0. The minimum absolute atomic E-state index is 0.0412. The maximum Gasteiger partial charge on any atom is 0.328 e. The van der Waals surface area contributed by atoms with Crippen LogP contribution in [-0.4, -0.2) is 23.5 Å². The van der Waals surface area contributed by atoms with Crippen molar-refractivity contribution < 1.29 is 9.53 Å². The molecule has 0 amide bonds. The molecule has 0 spiro atoms. The van der Waals surface area contributed by atoms with Gasteiger partial charge in [-0.25, -0.2) is 4.79 Å². The summed E-state index contributed by atoms with van der Waals surface area (Å²) in [7, 11) is 1.48. The topological polar surface area (TPSA) is 29.3 Å². The molecule has 0 aromatic heterocycles. The molecule has 0 saturated carbocycles. The first kappa shape index (κ1) is 9.66. The third-order valence-corrected chi connectivity index (χ3v) is 5.23. The van der Waals surface area contributed by atoms with Crippen molar-refractivity contribution in [2.45, 2.75) is 36.9 Å². The Labute approximate surface area is 100 Å². The van der Waals surface area contributed by atoms with Crippen LogP contribution in [-0.2, 0) is 20.6 Å². The van der Waals surface area contributed by atoms with E-state index in [0.29, 0.717) is 0 Å². The molecule has 2 fully saturated rings. The van der Waals surface area contributed by atoms with Crippen molar-refractivity contribution in [3.05, 3.63) is 35.4 Å². The summed E-state index contributed by atoms with van der Waals surface area (Å²) in [5.74, 6) is -0.0769. The van der Waals surface area contributed by atoms with Crippen LogP contribution in [0.25, 0.3) is 0 Å². The summed E-state index contributed by atoms with van der Waals surface area (Å²) in [4.78, 5) is 14.4. The molecule has 3 heteroatoms. The Kier molecular flexibility index (Phi) is 1.29. The normalized spacial score (nSPS) is 47.8.